The average Bonchev–Trinajstić information content (AvgIpc) is 3.10. The predicted molar refractivity (Wildman–Crippen MR) is 132 cm³/mol. The molecule has 8 nitrogen and oxygen atoms in total. The van der Waals surface area contributed by atoms with E-state index in [-0.39, 0.29) is 28.5 Å². The fraction of sp³-hybridized carbons (Fsp3) is 0.0417. The molecule has 0 N–H and O–H groups in total. The number of rotatable bonds is 6. The second-order valence-electron chi connectivity index (χ2n) is 7.28. The molecule has 3 aromatic rings. The highest BCUT2D eigenvalue weighted by Crippen LogP contribution is 2.34. The lowest BCUT2D eigenvalue weighted by atomic mass is 10.2. The SMILES string of the molecule is O=C(Oc1ccc(/C=C2\SC(=O)N(Cc3ccc(Cl)c(Cl)c3)C2=O)cc1)c1ccc([N+](=O)[O-])cc1. The molecule has 11 heteroatoms. The molecule has 3 aromatic carbocycles. The minimum absolute atomic E-state index is 0.0659. The van der Waals surface area contributed by atoms with Gasteiger partial charge < -0.3 is 4.74 Å². The van der Waals surface area contributed by atoms with Gasteiger partial charge >= 0.3 is 5.97 Å². The number of hydrogen-bond acceptors (Lipinski definition) is 7. The molecule has 0 unspecified atom stereocenters. The van der Waals surface area contributed by atoms with Crippen molar-refractivity contribution in [3.05, 3.63) is 108 Å². The largest absolute Gasteiger partial charge is 0.423 e. The van der Waals surface area contributed by atoms with Crippen molar-refractivity contribution in [1.29, 1.82) is 0 Å². The van der Waals surface area contributed by atoms with Crippen molar-refractivity contribution in [3.63, 3.8) is 0 Å². The molecule has 1 saturated heterocycles. The smallest absolute Gasteiger partial charge is 0.343 e. The first-order valence-corrected chi connectivity index (χ1v) is 11.5. The number of ether oxygens (including phenoxy) is 1. The molecule has 176 valence electrons. The van der Waals surface area contributed by atoms with Crippen LogP contribution in [0.15, 0.2) is 71.6 Å². The Labute approximate surface area is 213 Å². The Morgan fingerprint density at radius 1 is 1.00 bits per heavy atom. The molecule has 0 aliphatic carbocycles. The predicted octanol–water partition coefficient (Wildman–Crippen LogP) is 6.36. The van der Waals surface area contributed by atoms with E-state index in [9.17, 15) is 24.5 Å². The Balaban J connectivity index is 1.42. The first kappa shape index (κ1) is 24.5. The molecule has 0 radical (unpaired) electrons. The molecule has 1 fully saturated rings. The van der Waals surface area contributed by atoms with E-state index in [4.69, 9.17) is 27.9 Å². The Hall–Kier alpha value is -3.66. The second-order valence-corrected chi connectivity index (χ2v) is 9.09. The van der Waals surface area contributed by atoms with Crippen LogP contribution in [0.3, 0.4) is 0 Å². The first-order valence-electron chi connectivity index (χ1n) is 9.97. The highest BCUT2D eigenvalue weighted by Gasteiger charge is 2.35. The number of nitrogens with zero attached hydrogens (tertiary/aromatic N) is 2. The van der Waals surface area contributed by atoms with Crippen LogP contribution in [0.4, 0.5) is 10.5 Å². The van der Waals surface area contributed by atoms with Gasteiger partial charge in [0.05, 0.1) is 32.0 Å². The molecule has 1 aliphatic heterocycles. The maximum atomic E-state index is 12.8. The number of nitro groups is 1. The van der Waals surface area contributed by atoms with Crippen LogP contribution in [0.25, 0.3) is 6.08 Å². The third kappa shape index (κ3) is 5.71. The summed E-state index contributed by atoms with van der Waals surface area (Å²) in [5, 5.41) is 11.0. The van der Waals surface area contributed by atoms with E-state index in [1.54, 1.807) is 36.4 Å². The molecule has 0 bridgehead atoms. The van der Waals surface area contributed by atoms with Crippen molar-refractivity contribution in [3.8, 4) is 5.75 Å². The van der Waals surface area contributed by atoms with Gasteiger partial charge in [-0.2, -0.15) is 0 Å². The molecule has 35 heavy (non-hydrogen) atoms. The zero-order chi connectivity index (χ0) is 25.1. The topological polar surface area (TPSA) is 107 Å². The summed E-state index contributed by atoms with van der Waals surface area (Å²) < 4.78 is 5.28. The number of nitro benzene ring substituents is 1. The number of non-ortho nitro benzene ring substituents is 1. The Morgan fingerprint density at radius 3 is 2.31 bits per heavy atom. The van der Waals surface area contributed by atoms with Crippen LogP contribution in [0.2, 0.25) is 10.0 Å². The van der Waals surface area contributed by atoms with E-state index >= 15 is 0 Å². The van der Waals surface area contributed by atoms with Crippen LogP contribution in [0.5, 0.6) is 5.75 Å². The summed E-state index contributed by atoms with van der Waals surface area (Å²) >= 11 is 12.7. The summed E-state index contributed by atoms with van der Waals surface area (Å²) in [4.78, 5) is 48.9. The van der Waals surface area contributed by atoms with Crippen molar-refractivity contribution in [1.82, 2.24) is 4.90 Å². The number of amides is 2. The molecule has 1 aliphatic rings. The van der Waals surface area contributed by atoms with Gasteiger partial charge in [-0.25, -0.2) is 4.79 Å². The van der Waals surface area contributed by atoms with Crippen molar-refractivity contribution < 1.29 is 24.0 Å². The zero-order valence-electron chi connectivity index (χ0n) is 17.6. The van der Waals surface area contributed by atoms with Crippen LogP contribution in [-0.4, -0.2) is 26.9 Å². The van der Waals surface area contributed by atoms with Crippen molar-refractivity contribution in [2.24, 2.45) is 0 Å². The minimum Gasteiger partial charge on any atom is -0.423 e. The van der Waals surface area contributed by atoms with Crippen LogP contribution < -0.4 is 4.74 Å². The minimum atomic E-state index is -0.670. The molecule has 0 atom stereocenters. The van der Waals surface area contributed by atoms with Crippen LogP contribution in [0, 0.1) is 10.1 Å². The third-order valence-electron chi connectivity index (χ3n) is 4.90. The second kappa shape index (κ2) is 10.3. The van der Waals surface area contributed by atoms with Gasteiger partial charge in [-0.15, -0.1) is 0 Å². The maximum Gasteiger partial charge on any atom is 0.343 e. The van der Waals surface area contributed by atoms with Gasteiger partial charge in [0.15, 0.2) is 0 Å². The summed E-state index contributed by atoms with van der Waals surface area (Å²) in [5.41, 5.74) is 1.32. The normalized spacial score (nSPS) is 14.5. The molecule has 4 rings (SSSR count). The summed E-state index contributed by atoms with van der Waals surface area (Å²) in [6.45, 7) is 0.0659. The Kier molecular flexibility index (Phi) is 7.20. The van der Waals surface area contributed by atoms with E-state index in [0.717, 1.165) is 16.7 Å². The van der Waals surface area contributed by atoms with Crippen molar-refractivity contribution in [2.45, 2.75) is 6.54 Å². The molecular weight excluding hydrogens is 515 g/mol. The molecule has 0 saturated carbocycles. The van der Waals surface area contributed by atoms with Gasteiger partial charge in [0.25, 0.3) is 16.8 Å². The van der Waals surface area contributed by atoms with E-state index < -0.39 is 22.0 Å². The average molecular weight is 529 g/mol. The van der Waals surface area contributed by atoms with E-state index in [2.05, 4.69) is 0 Å². The molecular formula is C24H14Cl2N2O6S. The number of carbonyl (C=O) groups excluding carboxylic acids is 3. The lowest BCUT2D eigenvalue weighted by Crippen LogP contribution is -2.27. The standard InChI is InChI=1S/C24H14Cl2N2O6S/c25-19-10-3-15(11-20(19)26)13-27-22(29)21(35-24(27)31)12-14-1-8-18(9-2-14)34-23(30)16-4-6-17(7-5-16)28(32)33/h1-12H,13H2/b21-12-. The van der Waals surface area contributed by atoms with Gasteiger partial charge in [0.1, 0.15) is 5.75 Å². The van der Waals surface area contributed by atoms with Crippen LogP contribution >= 0.6 is 35.0 Å². The van der Waals surface area contributed by atoms with Crippen LogP contribution in [0.1, 0.15) is 21.5 Å². The number of imide groups is 1. The van der Waals surface area contributed by atoms with Gasteiger partial charge in [0.2, 0.25) is 0 Å². The summed E-state index contributed by atoms with van der Waals surface area (Å²) in [5.74, 6) is -0.853. The Bertz CT molecular complexity index is 1370. The number of benzene rings is 3. The van der Waals surface area contributed by atoms with E-state index in [1.165, 1.54) is 36.4 Å². The van der Waals surface area contributed by atoms with Gasteiger partial charge in [-0.1, -0.05) is 41.4 Å². The van der Waals surface area contributed by atoms with Crippen molar-refractivity contribution >= 4 is 63.8 Å². The van der Waals surface area contributed by atoms with E-state index in [0.29, 0.717) is 21.2 Å². The van der Waals surface area contributed by atoms with Crippen LogP contribution in [-0.2, 0) is 11.3 Å². The van der Waals surface area contributed by atoms with Gasteiger partial charge in [-0.05, 0) is 65.4 Å². The number of carbonyl (C=O) groups is 3. The fourth-order valence-electron chi connectivity index (χ4n) is 3.13. The maximum absolute atomic E-state index is 12.8. The summed E-state index contributed by atoms with van der Waals surface area (Å²) in [6, 6.07) is 16.3. The van der Waals surface area contributed by atoms with Crippen molar-refractivity contribution in [2.75, 3.05) is 0 Å². The lowest BCUT2D eigenvalue weighted by molar-refractivity contribution is -0.384. The highest BCUT2D eigenvalue weighted by atomic mass is 35.5. The number of esters is 1. The van der Waals surface area contributed by atoms with E-state index in [1.807, 2.05) is 0 Å². The molecule has 0 aromatic heterocycles. The lowest BCUT2D eigenvalue weighted by Gasteiger charge is -2.12. The zero-order valence-corrected chi connectivity index (χ0v) is 20.0. The summed E-state index contributed by atoms with van der Waals surface area (Å²) in [7, 11) is 0. The quantitative estimate of drug-likeness (QED) is 0.120. The Morgan fingerprint density at radius 2 is 1.69 bits per heavy atom. The van der Waals surface area contributed by atoms with Gasteiger partial charge in [0, 0.05) is 12.1 Å². The number of thioether (sulfide) groups is 1. The first-order chi connectivity index (χ1) is 16.7. The third-order valence-corrected chi connectivity index (χ3v) is 6.55. The molecule has 2 amide bonds. The van der Waals surface area contributed by atoms with Gasteiger partial charge in [-0.3, -0.25) is 24.6 Å². The molecule has 0 spiro atoms. The molecule has 1 heterocycles. The fourth-order valence-corrected chi connectivity index (χ4v) is 4.28. The number of hydrogen-bond donors (Lipinski definition) is 0. The number of halogens is 2. The highest BCUT2D eigenvalue weighted by molar-refractivity contribution is 8.18. The monoisotopic (exact) mass is 528 g/mol. The summed E-state index contributed by atoms with van der Waals surface area (Å²) in [6.07, 6.45) is 1.57.